The number of amides is 1. The number of aliphatic carboxylic acids is 1. The van der Waals surface area contributed by atoms with Crippen molar-refractivity contribution in [2.24, 2.45) is 0 Å². The van der Waals surface area contributed by atoms with Gasteiger partial charge in [-0.2, -0.15) is 27.1 Å². The fourth-order valence-corrected chi connectivity index (χ4v) is 4.64. The number of rotatable bonds is 7. The number of carbonyl (C=O) groups is 2. The number of halogens is 5. The maximum absolute atomic E-state index is 13.6. The summed E-state index contributed by atoms with van der Waals surface area (Å²) in [5.74, 6) is -6.54. The monoisotopic (exact) mass is 561 g/mol. The second-order valence-corrected chi connectivity index (χ2v) is 9.40. The summed E-state index contributed by atoms with van der Waals surface area (Å²) < 4.78 is 66.2. The van der Waals surface area contributed by atoms with Crippen molar-refractivity contribution in [2.75, 3.05) is 11.1 Å². The van der Waals surface area contributed by atoms with Crippen LogP contribution in [0.3, 0.4) is 0 Å². The normalized spacial score (nSPS) is 17.2. The lowest BCUT2D eigenvalue weighted by Crippen LogP contribution is -2.37. The molecule has 0 saturated heterocycles. The Morgan fingerprint density at radius 2 is 1.82 bits per heavy atom. The second kappa shape index (κ2) is 9.20. The molecule has 0 saturated carbocycles. The summed E-state index contributed by atoms with van der Waals surface area (Å²) in [6, 6.07) is 9.43. The highest BCUT2D eigenvalue weighted by molar-refractivity contribution is 6.09. The van der Waals surface area contributed by atoms with Crippen LogP contribution >= 0.6 is 0 Å². The van der Waals surface area contributed by atoms with Gasteiger partial charge in [-0.05, 0) is 30.2 Å². The van der Waals surface area contributed by atoms with Gasteiger partial charge >= 0.3 is 18.1 Å². The maximum atomic E-state index is 13.6. The van der Waals surface area contributed by atoms with Crippen molar-refractivity contribution in [3.63, 3.8) is 0 Å². The van der Waals surface area contributed by atoms with Gasteiger partial charge in [-0.15, -0.1) is 0 Å². The predicted molar refractivity (Wildman–Crippen MR) is 131 cm³/mol. The number of aromatic nitrogens is 5. The van der Waals surface area contributed by atoms with Crippen LogP contribution < -0.4 is 11.1 Å². The second-order valence-electron chi connectivity index (χ2n) is 9.40. The van der Waals surface area contributed by atoms with Gasteiger partial charge in [0.15, 0.2) is 11.5 Å². The van der Waals surface area contributed by atoms with E-state index in [0.717, 1.165) is 4.68 Å². The largest absolute Gasteiger partial charge is 0.481 e. The fraction of sp³-hybridized carbons (Fsp3) is 0.280. The lowest BCUT2D eigenvalue weighted by Gasteiger charge is -2.23. The van der Waals surface area contributed by atoms with Crippen LogP contribution in [0.15, 0.2) is 42.6 Å². The zero-order chi connectivity index (χ0) is 29.0. The number of carbonyl (C=O) groups excluding carboxylic acids is 1. The summed E-state index contributed by atoms with van der Waals surface area (Å²) in [6.07, 6.45) is -6.14. The standard InChI is InChI=1S/C25H20F5N7O3/c1-23(13-6-4-12(5-7-13)11-15(38)39)16-18(31)33-20(34-19(16)35-22(23)40)17-14-3-2-9-32-21(14)37(36-17)10-8-24(26,27)25(28,29)30/h2-7,9H,8,10-11H2,1H3,(H,38,39)(H3,31,33,34,35,40)/t23-/m1/s1. The number of hydrogen-bond acceptors (Lipinski definition) is 7. The molecule has 1 amide bonds. The van der Waals surface area contributed by atoms with Gasteiger partial charge in [-0.1, -0.05) is 24.3 Å². The van der Waals surface area contributed by atoms with Crippen molar-refractivity contribution in [3.05, 3.63) is 59.3 Å². The van der Waals surface area contributed by atoms with Crippen LogP contribution in [-0.4, -0.2) is 53.8 Å². The molecule has 10 nitrogen and oxygen atoms in total. The van der Waals surface area contributed by atoms with Gasteiger partial charge in [-0.25, -0.2) is 19.6 Å². The highest BCUT2D eigenvalue weighted by Gasteiger charge is 2.57. The van der Waals surface area contributed by atoms with Gasteiger partial charge in [0, 0.05) is 19.2 Å². The summed E-state index contributed by atoms with van der Waals surface area (Å²) in [6.45, 7) is 0.807. The number of nitrogens with two attached hydrogens (primary N) is 1. The Morgan fingerprint density at radius 3 is 2.48 bits per heavy atom. The molecule has 0 aliphatic carbocycles. The number of nitrogens with one attached hydrogen (secondary N) is 1. The van der Waals surface area contributed by atoms with Crippen LogP contribution in [-0.2, 0) is 28.0 Å². The van der Waals surface area contributed by atoms with Crippen LogP contribution in [0, 0.1) is 0 Å². The van der Waals surface area contributed by atoms with Crippen molar-refractivity contribution in [1.82, 2.24) is 24.7 Å². The molecular formula is C25H20F5N7O3. The Bertz CT molecular complexity index is 1650. The third-order valence-electron chi connectivity index (χ3n) is 6.78. The van der Waals surface area contributed by atoms with E-state index in [1.165, 1.54) is 18.3 Å². The summed E-state index contributed by atoms with van der Waals surface area (Å²) in [7, 11) is 0. The molecule has 1 aromatic carbocycles. The van der Waals surface area contributed by atoms with E-state index < -0.39 is 42.4 Å². The van der Waals surface area contributed by atoms with Crippen molar-refractivity contribution in [1.29, 1.82) is 0 Å². The highest BCUT2D eigenvalue weighted by Crippen LogP contribution is 2.45. The minimum Gasteiger partial charge on any atom is -0.481 e. The molecule has 4 heterocycles. The van der Waals surface area contributed by atoms with Crippen molar-refractivity contribution >= 4 is 34.5 Å². The molecule has 1 aliphatic heterocycles. The third kappa shape index (κ3) is 4.36. The molecule has 4 N–H and O–H groups in total. The Kier molecular flexibility index (Phi) is 6.19. The molecule has 0 unspecified atom stereocenters. The SMILES string of the molecule is C[C@]1(c2ccc(CC(=O)O)cc2)C(=O)Nc2nc(-c3nn(CCC(F)(F)C(F)(F)F)c4ncccc34)nc(N)c21. The van der Waals surface area contributed by atoms with Crippen molar-refractivity contribution in [3.8, 4) is 11.5 Å². The average molecular weight is 561 g/mol. The molecule has 5 rings (SSSR count). The van der Waals surface area contributed by atoms with E-state index in [1.807, 2.05) is 0 Å². The van der Waals surface area contributed by atoms with Gasteiger partial charge in [0.05, 0.1) is 17.4 Å². The number of hydrogen-bond donors (Lipinski definition) is 3. The molecule has 0 bridgehead atoms. The zero-order valence-corrected chi connectivity index (χ0v) is 20.6. The molecule has 0 radical (unpaired) electrons. The smallest absolute Gasteiger partial charge is 0.453 e. The number of carboxylic acids is 1. The number of pyridine rings is 1. The number of alkyl halides is 5. The van der Waals surface area contributed by atoms with Gasteiger partial charge in [0.25, 0.3) is 0 Å². The van der Waals surface area contributed by atoms with E-state index in [2.05, 4.69) is 25.4 Å². The van der Waals surface area contributed by atoms with E-state index in [1.54, 1.807) is 31.2 Å². The molecular weight excluding hydrogens is 541 g/mol. The van der Waals surface area contributed by atoms with Crippen LogP contribution in [0.1, 0.15) is 30.0 Å². The van der Waals surface area contributed by atoms with Crippen LogP contribution in [0.25, 0.3) is 22.6 Å². The molecule has 208 valence electrons. The molecule has 40 heavy (non-hydrogen) atoms. The fourth-order valence-electron chi connectivity index (χ4n) is 4.64. The first-order valence-electron chi connectivity index (χ1n) is 11.8. The Balaban J connectivity index is 1.54. The van der Waals surface area contributed by atoms with Gasteiger partial charge in [-0.3, -0.25) is 9.59 Å². The average Bonchev–Trinajstić information content (AvgIpc) is 3.37. The minimum absolute atomic E-state index is 0.0220. The third-order valence-corrected chi connectivity index (χ3v) is 6.78. The number of aryl methyl sites for hydroxylation is 1. The molecule has 3 aromatic heterocycles. The topological polar surface area (TPSA) is 149 Å². The molecule has 4 aromatic rings. The first-order valence-corrected chi connectivity index (χ1v) is 11.8. The van der Waals surface area contributed by atoms with E-state index in [-0.39, 0.29) is 46.2 Å². The van der Waals surface area contributed by atoms with Gasteiger partial charge in [0.2, 0.25) is 5.91 Å². The Labute approximate surface area is 222 Å². The zero-order valence-electron chi connectivity index (χ0n) is 20.6. The number of nitrogens with zero attached hydrogens (tertiary/aromatic N) is 5. The van der Waals surface area contributed by atoms with Gasteiger partial charge in [0.1, 0.15) is 22.7 Å². The van der Waals surface area contributed by atoms with E-state index in [0.29, 0.717) is 11.1 Å². The summed E-state index contributed by atoms with van der Waals surface area (Å²) in [4.78, 5) is 36.9. The lowest BCUT2D eigenvalue weighted by atomic mass is 9.77. The van der Waals surface area contributed by atoms with Gasteiger partial charge < -0.3 is 16.2 Å². The number of nitrogen functional groups attached to an aromatic ring is 1. The number of carboxylic acid groups (broad SMARTS) is 1. The number of fused-ring (bicyclic) bond motifs is 2. The predicted octanol–water partition coefficient (Wildman–Crippen LogP) is 3.94. The molecule has 0 spiro atoms. The quantitative estimate of drug-likeness (QED) is 0.287. The molecule has 0 fully saturated rings. The lowest BCUT2D eigenvalue weighted by molar-refractivity contribution is -0.285. The molecule has 1 atom stereocenters. The summed E-state index contributed by atoms with van der Waals surface area (Å²) >= 11 is 0. The van der Waals surface area contributed by atoms with E-state index in [4.69, 9.17) is 10.8 Å². The Morgan fingerprint density at radius 1 is 1.12 bits per heavy atom. The number of benzene rings is 1. The first kappa shape index (κ1) is 26.9. The highest BCUT2D eigenvalue weighted by atomic mass is 19.4. The summed E-state index contributed by atoms with van der Waals surface area (Å²) in [5.41, 5.74) is 6.33. The molecule has 1 aliphatic rings. The van der Waals surface area contributed by atoms with Crippen LogP contribution in [0.2, 0.25) is 0 Å². The number of anilines is 2. The minimum atomic E-state index is -5.72. The Hall–Kier alpha value is -4.69. The van der Waals surface area contributed by atoms with Crippen molar-refractivity contribution in [2.45, 2.75) is 43.8 Å². The van der Waals surface area contributed by atoms with E-state index in [9.17, 15) is 31.5 Å². The molecule has 15 heteroatoms. The van der Waals surface area contributed by atoms with Crippen molar-refractivity contribution < 1.29 is 36.6 Å². The summed E-state index contributed by atoms with van der Waals surface area (Å²) in [5, 5.41) is 16.1. The van der Waals surface area contributed by atoms with E-state index >= 15 is 0 Å². The van der Waals surface area contributed by atoms with Crippen LogP contribution in [0.5, 0.6) is 0 Å². The maximum Gasteiger partial charge on any atom is 0.453 e. The first-order chi connectivity index (χ1) is 18.7. The van der Waals surface area contributed by atoms with Crippen LogP contribution in [0.4, 0.5) is 33.6 Å².